The van der Waals surface area contributed by atoms with Gasteiger partial charge in [-0.1, -0.05) is 31.2 Å². The summed E-state index contributed by atoms with van der Waals surface area (Å²) in [6.07, 6.45) is 0.476. The van der Waals surface area contributed by atoms with Gasteiger partial charge in [0.15, 0.2) is 18.1 Å². The lowest BCUT2D eigenvalue weighted by Gasteiger charge is -2.30. The van der Waals surface area contributed by atoms with E-state index in [1.54, 1.807) is 32.4 Å². The molecule has 2 aromatic carbocycles. The fraction of sp³-hybridized carbons (Fsp3) is 0.364. The normalized spacial score (nSPS) is 11.3. The number of methoxy groups -OCH3 is 2. The van der Waals surface area contributed by atoms with Gasteiger partial charge < -0.3 is 24.4 Å². The topological polar surface area (TPSA) is 77.1 Å². The Bertz CT molecular complexity index is 824. The number of hydrogen-bond donors (Lipinski definition) is 1. The zero-order chi connectivity index (χ0) is 21.2. The summed E-state index contributed by atoms with van der Waals surface area (Å²) in [5, 5.41) is 2.63. The Morgan fingerprint density at radius 3 is 2.38 bits per heavy atom. The number of hydrogen-bond acceptors (Lipinski definition) is 5. The molecule has 1 atom stereocenters. The monoisotopic (exact) mass is 400 g/mol. The molecule has 0 saturated heterocycles. The molecular formula is C22H28N2O5. The number of nitrogens with zero attached hydrogens (tertiary/aromatic N) is 1. The van der Waals surface area contributed by atoms with Gasteiger partial charge in [0.2, 0.25) is 5.91 Å². The molecule has 156 valence electrons. The van der Waals surface area contributed by atoms with Gasteiger partial charge in [-0.15, -0.1) is 0 Å². The molecule has 0 saturated carbocycles. The second kappa shape index (κ2) is 10.9. The number of ether oxygens (including phenoxy) is 3. The van der Waals surface area contributed by atoms with Gasteiger partial charge in [-0.25, -0.2) is 0 Å². The van der Waals surface area contributed by atoms with Crippen molar-refractivity contribution in [2.75, 3.05) is 27.9 Å². The van der Waals surface area contributed by atoms with Crippen LogP contribution in [0, 0.1) is 0 Å². The molecule has 2 aromatic rings. The highest BCUT2D eigenvalue weighted by atomic mass is 16.5. The quantitative estimate of drug-likeness (QED) is 0.663. The van der Waals surface area contributed by atoms with Crippen molar-refractivity contribution in [1.29, 1.82) is 0 Å². The van der Waals surface area contributed by atoms with Crippen LogP contribution in [0.15, 0.2) is 48.5 Å². The van der Waals surface area contributed by atoms with Crippen LogP contribution in [0.5, 0.6) is 17.2 Å². The number of rotatable bonds is 10. The first-order valence-corrected chi connectivity index (χ1v) is 9.43. The van der Waals surface area contributed by atoms with Gasteiger partial charge in [0.25, 0.3) is 5.91 Å². The molecule has 29 heavy (non-hydrogen) atoms. The van der Waals surface area contributed by atoms with Gasteiger partial charge in [0.1, 0.15) is 11.8 Å². The number of benzene rings is 2. The fourth-order valence-electron chi connectivity index (χ4n) is 3.01. The van der Waals surface area contributed by atoms with E-state index >= 15 is 0 Å². The maximum absolute atomic E-state index is 13.0. The van der Waals surface area contributed by atoms with Crippen molar-refractivity contribution < 1.29 is 23.8 Å². The molecule has 0 fully saturated rings. The lowest BCUT2D eigenvalue weighted by atomic mass is 10.1. The molecule has 0 spiro atoms. The zero-order valence-corrected chi connectivity index (χ0v) is 17.3. The third kappa shape index (κ3) is 5.88. The van der Waals surface area contributed by atoms with Crippen molar-refractivity contribution in [3.63, 3.8) is 0 Å². The Balaban J connectivity index is 2.22. The molecule has 2 rings (SSSR count). The Hall–Kier alpha value is -3.22. The van der Waals surface area contributed by atoms with Crippen LogP contribution < -0.4 is 19.5 Å². The second-order valence-corrected chi connectivity index (χ2v) is 6.35. The Labute approximate surface area is 171 Å². The van der Waals surface area contributed by atoms with Crippen LogP contribution >= 0.6 is 0 Å². The van der Waals surface area contributed by atoms with Crippen molar-refractivity contribution in [3.8, 4) is 17.2 Å². The first kappa shape index (κ1) is 22.1. The smallest absolute Gasteiger partial charge is 0.261 e. The molecule has 0 aliphatic rings. The van der Waals surface area contributed by atoms with Gasteiger partial charge >= 0.3 is 0 Å². The van der Waals surface area contributed by atoms with E-state index in [0.29, 0.717) is 23.7 Å². The van der Waals surface area contributed by atoms with Crippen molar-refractivity contribution in [3.05, 3.63) is 54.1 Å². The van der Waals surface area contributed by atoms with Crippen molar-refractivity contribution in [2.24, 2.45) is 0 Å². The summed E-state index contributed by atoms with van der Waals surface area (Å²) < 4.78 is 16.2. The number of amides is 2. The summed E-state index contributed by atoms with van der Waals surface area (Å²) in [5.74, 6) is 1.18. The molecule has 0 bridgehead atoms. The Kier molecular flexibility index (Phi) is 8.33. The van der Waals surface area contributed by atoms with Crippen LogP contribution in [-0.4, -0.2) is 50.6 Å². The van der Waals surface area contributed by atoms with Crippen molar-refractivity contribution in [1.82, 2.24) is 10.2 Å². The number of carbonyl (C=O) groups is 2. The highest BCUT2D eigenvalue weighted by molar-refractivity contribution is 5.88. The molecule has 7 heteroatoms. The molecule has 0 aromatic heterocycles. The number of carbonyl (C=O) groups excluding carboxylic acids is 2. The van der Waals surface area contributed by atoms with E-state index in [2.05, 4.69) is 5.32 Å². The SMILES string of the molecule is CC[C@@H](C(=O)NC)N(Cc1cccc(OC)c1)C(=O)COc1ccccc1OC. The lowest BCUT2D eigenvalue weighted by molar-refractivity contribution is -0.142. The fourth-order valence-corrected chi connectivity index (χ4v) is 3.01. The Morgan fingerprint density at radius 1 is 1.03 bits per heavy atom. The minimum atomic E-state index is -0.611. The highest BCUT2D eigenvalue weighted by Crippen LogP contribution is 2.26. The molecule has 2 amide bonds. The standard InChI is InChI=1S/C22H28N2O5/c1-5-18(22(26)23-2)24(14-16-9-8-10-17(13-16)27-3)21(25)15-29-20-12-7-6-11-19(20)28-4/h6-13,18H,5,14-15H2,1-4H3,(H,23,26)/t18-/m0/s1. The summed E-state index contributed by atoms with van der Waals surface area (Å²) in [6, 6.07) is 13.9. The minimum Gasteiger partial charge on any atom is -0.497 e. The van der Waals surface area contributed by atoms with Gasteiger partial charge in [-0.05, 0) is 36.2 Å². The first-order chi connectivity index (χ1) is 14.0. The maximum atomic E-state index is 13.0. The van der Waals surface area contributed by atoms with E-state index in [4.69, 9.17) is 14.2 Å². The molecule has 0 unspecified atom stereocenters. The van der Waals surface area contributed by atoms with Crippen LogP contribution in [0.3, 0.4) is 0 Å². The van der Waals surface area contributed by atoms with Crippen molar-refractivity contribution >= 4 is 11.8 Å². The van der Waals surface area contributed by atoms with Gasteiger partial charge in [-0.2, -0.15) is 0 Å². The third-order valence-corrected chi connectivity index (χ3v) is 4.54. The minimum absolute atomic E-state index is 0.210. The summed E-state index contributed by atoms with van der Waals surface area (Å²) in [6.45, 7) is 1.92. The summed E-state index contributed by atoms with van der Waals surface area (Å²) in [5.41, 5.74) is 0.859. The van der Waals surface area contributed by atoms with Gasteiger partial charge in [-0.3, -0.25) is 9.59 Å². The van der Waals surface area contributed by atoms with Gasteiger partial charge in [0.05, 0.1) is 14.2 Å². The molecule has 0 aliphatic heterocycles. The third-order valence-electron chi connectivity index (χ3n) is 4.54. The van der Waals surface area contributed by atoms with Crippen LogP contribution in [0.1, 0.15) is 18.9 Å². The van der Waals surface area contributed by atoms with E-state index in [9.17, 15) is 9.59 Å². The number of likely N-dealkylation sites (N-methyl/N-ethyl adjacent to an activating group) is 1. The molecule has 1 N–H and O–H groups in total. The van der Waals surface area contributed by atoms with Crippen LogP contribution in [-0.2, 0) is 16.1 Å². The van der Waals surface area contributed by atoms with E-state index in [1.165, 1.54) is 12.0 Å². The van der Waals surface area contributed by atoms with Gasteiger partial charge in [0, 0.05) is 13.6 Å². The van der Waals surface area contributed by atoms with Crippen LogP contribution in [0.2, 0.25) is 0 Å². The second-order valence-electron chi connectivity index (χ2n) is 6.35. The summed E-state index contributed by atoms with van der Waals surface area (Å²) >= 11 is 0. The van der Waals surface area contributed by atoms with Crippen molar-refractivity contribution in [2.45, 2.75) is 25.9 Å². The van der Waals surface area contributed by atoms with E-state index in [1.807, 2.05) is 37.3 Å². The molecule has 0 aliphatic carbocycles. The molecule has 0 radical (unpaired) electrons. The first-order valence-electron chi connectivity index (χ1n) is 9.43. The number of para-hydroxylation sites is 2. The Morgan fingerprint density at radius 2 is 1.76 bits per heavy atom. The summed E-state index contributed by atoms with van der Waals surface area (Å²) in [4.78, 5) is 27.0. The van der Waals surface area contributed by atoms with E-state index in [-0.39, 0.29) is 25.0 Å². The van der Waals surface area contributed by atoms with E-state index < -0.39 is 6.04 Å². The number of nitrogens with one attached hydrogen (secondary N) is 1. The van der Waals surface area contributed by atoms with Crippen LogP contribution in [0.4, 0.5) is 0 Å². The largest absolute Gasteiger partial charge is 0.497 e. The van der Waals surface area contributed by atoms with Crippen LogP contribution in [0.25, 0.3) is 0 Å². The van der Waals surface area contributed by atoms with E-state index in [0.717, 1.165) is 5.56 Å². The molecule has 0 heterocycles. The average molecular weight is 400 g/mol. The summed E-state index contributed by atoms with van der Waals surface area (Å²) in [7, 11) is 4.69. The predicted molar refractivity (Wildman–Crippen MR) is 110 cm³/mol. The lowest BCUT2D eigenvalue weighted by Crippen LogP contribution is -2.49. The predicted octanol–water partition coefficient (Wildman–Crippen LogP) is 2.64. The zero-order valence-electron chi connectivity index (χ0n) is 17.3. The molecular weight excluding hydrogens is 372 g/mol. The average Bonchev–Trinajstić information content (AvgIpc) is 2.77. The highest BCUT2D eigenvalue weighted by Gasteiger charge is 2.28. The maximum Gasteiger partial charge on any atom is 0.261 e. The molecule has 7 nitrogen and oxygen atoms in total.